The molecular weight excluding hydrogens is 655 g/mol. The molecule has 0 aliphatic heterocycles. The van der Waals surface area contributed by atoms with Crippen LogP contribution in [0.3, 0.4) is 0 Å². The summed E-state index contributed by atoms with van der Waals surface area (Å²) in [7, 11) is 0. The molecule has 0 bridgehead atoms. The van der Waals surface area contributed by atoms with Gasteiger partial charge in [-0.2, -0.15) is 0 Å². The van der Waals surface area contributed by atoms with Crippen molar-refractivity contribution in [1.29, 1.82) is 0 Å². The minimum absolute atomic E-state index is 0.909. The van der Waals surface area contributed by atoms with Crippen LogP contribution in [-0.2, 0) is 0 Å². The minimum atomic E-state index is 0.909. The average molecular weight is 690 g/mol. The van der Waals surface area contributed by atoms with Crippen LogP contribution in [0.4, 0.5) is 17.1 Å². The first-order valence-electron chi connectivity index (χ1n) is 18.4. The first-order chi connectivity index (χ1) is 26.8. The smallest absolute Gasteiger partial charge is 0.143 e. The minimum Gasteiger partial charge on any atom is -0.455 e. The first-order valence-corrected chi connectivity index (χ1v) is 18.4. The molecule has 0 fully saturated rings. The summed E-state index contributed by atoms with van der Waals surface area (Å²) >= 11 is 0. The Kier molecular flexibility index (Phi) is 7.85. The van der Waals surface area contributed by atoms with E-state index >= 15 is 0 Å². The van der Waals surface area contributed by atoms with Gasteiger partial charge < -0.3 is 9.32 Å². The molecule has 0 amide bonds. The van der Waals surface area contributed by atoms with Gasteiger partial charge in [-0.05, 0) is 80.6 Å². The van der Waals surface area contributed by atoms with Crippen LogP contribution in [0, 0.1) is 0 Å². The standard InChI is InChI=1S/C52H35NO/c1-3-12-36(13-4-1)38-22-24-41(25-23-38)45-17-9-10-21-49(45)53(43-31-26-39(27-32-43)37-14-5-2-6-15-37)44-33-28-42(29-34-44)47-19-11-20-48-51-46-18-8-7-16-40(46)30-35-50(51)54-52(47)48/h1-35H. The van der Waals surface area contributed by atoms with Crippen LogP contribution in [0.1, 0.15) is 0 Å². The van der Waals surface area contributed by atoms with Crippen LogP contribution in [0.2, 0.25) is 0 Å². The second-order valence-corrected chi connectivity index (χ2v) is 13.7. The molecule has 0 aliphatic carbocycles. The van der Waals surface area contributed by atoms with Crippen molar-refractivity contribution < 1.29 is 4.42 Å². The Morgan fingerprint density at radius 3 is 1.48 bits per heavy atom. The molecule has 0 spiro atoms. The van der Waals surface area contributed by atoms with Gasteiger partial charge in [-0.3, -0.25) is 0 Å². The molecule has 0 unspecified atom stereocenters. The Bertz CT molecular complexity index is 2890. The van der Waals surface area contributed by atoms with E-state index in [0.29, 0.717) is 0 Å². The van der Waals surface area contributed by atoms with Gasteiger partial charge in [0, 0.05) is 33.3 Å². The van der Waals surface area contributed by atoms with Crippen molar-refractivity contribution in [3.05, 3.63) is 212 Å². The monoisotopic (exact) mass is 689 g/mol. The normalized spacial score (nSPS) is 11.3. The van der Waals surface area contributed by atoms with Crippen LogP contribution in [0.5, 0.6) is 0 Å². The highest BCUT2D eigenvalue weighted by atomic mass is 16.3. The fraction of sp³-hybridized carbons (Fsp3) is 0. The summed E-state index contributed by atoms with van der Waals surface area (Å²) < 4.78 is 6.60. The summed E-state index contributed by atoms with van der Waals surface area (Å²) in [6.07, 6.45) is 0. The topological polar surface area (TPSA) is 16.4 Å². The van der Waals surface area contributed by atoms with E-state index in [4.69, 9.17) is 4.42 Å². The lowest BCUT2D eigenvalue weighted by atomic mass is 9.97. The highest BCUT2D eigenvalue weighted by molar-refractivity contribution is 6.20. The zero-order valence-corrected chi connectivity index (χ0v) is 29.6. The number of rotatable bonds is 7. The molecular formula is C52H35NO. The molecule has 0 saturated carbocycles. The Balaban J connectivity index is 1.08. The largest absolute Gasteiger partial charge is 0.455 e. The van der Waals surface area contributed by atoms with Crippen molar-refractivity contribution in [2.45, 2.75) is 0 Å². The molecule has 54 heavy (non-hydrogen) atoms. The molecule has 0 aliphatic rings. The molecule has 0 saturated heterocycles. The fourth-order valence-corrected chi connectivity index (χ4v) is 7.83. The fourth-order valence-electron chi connectivity index (χ4n) is 7.83. The Morgan fingerprint density at radius 2 is 0.796 bits per heavy atom. The Morgan fingerprint density at radius 1 is 0.315 bits per heavy atom. The predicted octanol–water partition coefficient (Wildman–Crippen LogP) is 14.9. The molecule has 9 aromatic carbocycles. The molecule has 2 heteroatoms. The number of anilines is 3. The number of hydrogen-bond donors (Lipinski definition) is 0. The van der Waals surface area contributed by atoms with Crippen LogP contribution in [0.15, 0.2) is 217 Å². The lowest BCUT2D eigenvalue weighted by Crippen LogP contribution is -2.11. The van der Waals surface area contributed by atoms with Crippen molar-refractivity contribution in [3.8, 4) is 44.5 Å². The quantitative estimate of drug-likeness (QED) is 0.166. The van der Waals surface area contributed by atoms with Gasteiger partial charge in [0.25, 0.3) is 0 Å². The summed E-state index contributed by atoms with van der Waals surface area (Å²) in [4.78, 5) is 2.37. The van der Waals surface area contributed by atoms with Crippen molar-refractivity contribution >= 4 is 49.8 Å². The van der Waals surface area contributed by atoms with Gasteiger partial charge >= 0.3 is 0 Å². The summed E-state index contributed by atoms with van der Waals surface area (Å²) in [5.74, 6) is 0. The average Bonchev–Trinajstić information content (AvgIpc) is 3.65. The first kappa shape index (κ1) is 31.6. The lowest BCUT2D eigenvalue weighted by Gasteiger charge is -2.28. The van der Waals surface area contributed by atoms with E-state index in [9.17, 15) is 0 Å². The van der Waals surface area contributed by atoms with Crippen LogP contribution in [-0.4, -0.2) is 0 Å². The summed E-state index contributed by atoms with van der Waals surface area (Å²) in [6.45, 7) is 0. The van der Waals surface area contributed by atoms with E-state index < -0.39 is 0 Å². The van der Waals surface area contributed by atoms with Crippen LogP contribution < -0.4 is 4.90 Å². The highest BCUT2D eigenvalue weighted by Gasteiger charge is 2.19. The third-order valence-electron chi connectivity index (χ3n) is 10.5. The number of para-hydroxylation sites is 2. The third kappa shape index (κ3) is 5.62. The predicted molar refractivity (Wildman–Crippen MR) is 228 cm³/mol. The SMILES string of the molecule is c1ccc(-c2ccc(-c3ccccc3N(c3ccc(-c4ccccc4)cc3)c3ccc(-c4cccc5c4oc4ccc6ccccc6c45)cc3)cc2)cc1. The zero-order valence-electron chi connectivity index (χ0n) is 29.6. The van der Waals surface area contributed by atoms with Crippen molar-refractivity contribution in [1.82, 2.24) is 0 Å². The number of benzene rings is 9. The summed E-state index contributed by atoms with van der Waals surface area (Å²) in [5, 5.41) is 4.73. The number of hydrogen-bond acceptors (Lipinski definition) is 2. The lowest BCUT2D eigenvalue weighted by molar-refractivity contribution is 0.670. The van der Waals surface area contributed by atoms with Gasteiger partial charge in [0.05, 0.1) is 5.69 Å². The molecule has 0 radical (unpaired) electrons. The van der Waals surface area contributed by atoms with E-state index in [1.54, 1.807) is 0 Å². The van der Waals surface area contributed by atoms with Crippen molar-refractivity contribution in [2.24, 2.45) is 0 Å². The van der Waals surface area contributed by atoms with E-state index in [0.717, 1.165) is 55.9 Å². The maximum atomic E-state index is 6.60. The molecule has 254 valence electrons. The molecule has 0 atom stereocenters. The van der Waals surface area contributed by atoms with E-state index in [-0.39, 0.29) is 0 Å². The summed E-state index contributed by atoms with van der Waals surface area (Å²) in [6, 6.07) is 75.7. The maximum absolute atomic E-state index is 6.60. The summed E-state index contributed by atoms with van der Waals surface area (Å²) in [5.41, 5.74) is 14.4. The maximum Gasteiger partial charge on any atom is 0.143 e. The van der Waals surface area contributed by atoms with Gasteiger partial charge in [0.1, 0.15) is 11.2 Å². The zero-order chi connectivity index (χ0) is 35.8. The molecule has 1 aromatic heterocycles. The Hall–Kier alpha value is -7.16. The second kappa shape index (κ2) is 13.4. The highest BCUT2D eigenvalue weighted by Crippen LogP contribution is 2.43. The number of furan rings is 1. The van der Waals surface area contributed by atoms with Gasteiger partial charge in [0.15, 0.2) is 0 Å². The van der Waals surface area contributed by atoms with Gasteiger partial charge in [-0.1, -0.05) is 176 Å². The van der Waals surface area contributed by atoms with E-state index in [1.807, 2.05) is 0 Å². The number of fused-ring (bicyclic) bond motifs is 5. The third-order valence-corrected chi connectivity index (χ3v) is 10.5. The van der Waals surface area contributed by atoms with Crippen LogP contribution >= 0.6 is 0 Å². The number of nitrogens with zero attached hydrogens (tertiary/aromatic N) is 1. The van der Waals surface area contributed by atoms with E-state index in [1.165, 1.54) is 38.4 Å². The second-order valence-electron chi connectivity index (χ2n) is 13.7. The Labute approximate surface area is 314 Å². The molecule has 0 N–H and O–H groups in total. The van der Waals surface area contributed by atoms with Gasteiger partial charge in [0.2, 0.25) is 0 Å². The van der Waals surface area contributed by atoms with Crippen molar-refractivity contribution in [2.75, 3.05) is 4.90 Å². The molecule has 10 aromatic rings. The van der Waals surface area contributed by atoms with E-state index in [2.05, 4.69) is 217 Å². The van der Waals surface area contributed by atoms with Gasteiger partial charge in [-0.25, -0.2) is 0 Å². The molecule has 1 heterocycles. The van der Waals surface area contributed by atoms with Gasteiger partial charge in [-0.15, -0.1) is 0 Å². The molecule has 10 rings (SSSR count). The molecule has 2 nitrogen and oxygen atoms in total. The van der Waals surface area contributed by atoms with Crippen LogP contribution in [0.25, 0.3) is 77.2 Å². The van der Waals surface area contributed by atoms with Crippen molar-refractivity contribution in [3.63, 3.8) is 0 Å².